The van der Waals surface area contributed by atoms with Crippen molar-refractivity contribution in [3.8, 4) is 5.75 Å². The Morgan fingerprint density at radius 2 is 1.95 bits per heavy atom. The zero-order chi connectivity index (χ0) is 16.3. The molecule has 0 aliphatic rings. The minimum atomic E-state index is -3.67. The molecule has 0 aliphatic heterocycles. The second kappa shape index (κ2) is 6.71. The third kappa shape index (κ3) is 3.44. The molecule has 0 saturated carbocycles. The normalized spacial score (nSPS) is 11.3. The second-order valence-electron chi connectivity index (χ2n) is 4.86. The van der Waals surface area contributed by atoms with E-state index in [4.69, 9.17) is 4.74 Å². The van der Waals surface area contributed by atoms with Crippen molar-refractivity contribution in [2.45, 2.75) is 25.2 Å². The van der Waals surface area contributed by atoms with E-state index in [0.717, 1.165) is 17.5 Å². The number of benzene rings is 2. The molecule has 2 rings (SSSR count). The summed E-state index contributed by atoms with van der Waals surface area (Å²) in [5, 5.41) is 0. The van der Waals surface area contributed by atoms with Crippen LogP contribution in [-0.2, 0) is 16.4 Å². The molecule has 2 aromatic carbocycles. The summed E-state index contributed by atoms with van der Waals surface area (Å²) in [7, 11) is -2.17. The summed E-state index contributed by atoms with van der Waals surface area (Å²) in [4.78, 5) is 0.165. The summed E-state index contributed by atoms with van der Waals surface area (Å²) in [5.41, 5.74) is 2.51. The van der Waals surface area contributed by atoms with E-state index >= 15 is 0 Å². The van der Waals surface area contributed by atoms with Crippen LogP contribution in [0.2, 0.25) is 0 Å². The Balaban J connectivity index is 2.45. The number of sulfonamides is 1. The zero-order valence-corrected chi connectivity index (χ0v) is 15.1. The van der Waals surface area contributed by atoms with Crippen molar-refractivity contribution in [3.05, 3.63) is 52.0 Å². The van der Waals surface area contributed by atoms with Crippen molar-refractivity contribution < 1.29 is 13.2 Å². The fourth-order valence-electron chi connectivity index (χ4n) is 2.17. The number of para-hydroxylation sites is 1. The molecule has 0 aromatic heterocycles. The smallest absolute Gasteiger partial charge is 0.262 e. The highest BCUT2D eigenvalue weighted by Gasteiger charge is 2.18. The molecule has 0 unspecified atom stereocenters. The van der Waals surface area contributed by atoms with Gasteiger partial charge in [-0.2, -0.15) is 0 Å². The highest BCUT2D eigenvalue weighted by atomic mass is 79.9. The molecule has 6 heteroatoms. The van der Waals surface area contributed by atoms with E-state index in [9.17, 15) is 8.42 Å². The van der Waals surface area contributed by atoms with Crippen LogP contribution < -0.4 is 9.46 Å². The van der Waals surface area contributed by atoms with Crippen LogP contribution in [0.1, 0.15) is 18.1 Å². The zero-order valence-electron chi connectivity index (χ0n) is 12.7. The fraction of sp³-hybridized carbons (Fsp3) is 0.250. The monoisotopic (exact) mass is 383 g/mol. The van der Waals surface area contributed by atoms with Crippen molar-refractivity contribution in [1.29, 1.82) is 0 Å². The lowest BCUT2D eigenvalue weighted by atomic mass is 10.1. The van der Waals surface area contributed by atoms with Crippen molar-refractivity contribution in [2.24, 2.45) is 0 Å². The minimum Gasteiger partial charge on any atom is -0.496 e. The summed E-state index contributed by atoms with van der Waals surface area (Å²) in [6, 6.07) is 10.4. The van der Waals surface area contributed by atoms with Gasteiger partial charge in [-0.25, -0.2) is 8.42 Å². The number of hydrogen-bond donors (Lipinski definition) is 1. The molecule has 0 atom stereocenters. The molecule has 0 radical (unpaired) electrons. The van der Waals surface area contributed by atoms with Crippen LogP contribution in [0.25, 0.3) is 0 Å². The maximum Gasteiger partial charge on any atom is 0.262 e. The third-order valence-electron chi connectivity index (χ3n) is 3.41. The number of aryl methyl sites for hydroxylation is 2. The first-order valence-corrected chi connectivity index (χ1v) is 9.11. The van der Waals surface area contributed by atoms with Gasteiger partial charge in [0.15, 0.2) is 0 Å². The number of ether oxygens (including phenoxy) is 1. The number of hydrogen-bond acceptors (Lipinski definition) is 3. The van der Waals surface area contributed by atoms with E-state index in [1.807, 2.05) is 32.0 Å². The van der Waals surface area contributed by atoms with Crippen LogP contribution >= 0.6 is 15.9 Å². The topological polar surface area (TPSA) is 55.4 Å². The van der Waals surface area contributed by atoms with Crippen LogP contribution in [0.5, 0.6) is 5.75 Å². The van der Waals surface area contributed by atoms with Gasteiger partial charge in [-0.3, -0.25) is 4.72 Å². The Morgan fingerprint density at radius 1 is 1.23 bits per heavy atom. The lowest BCUT2D eigenvalue weighted by Gasteiger charge is -2.15. The predicted octanol–water partition coefficient (Wildman–Crippen LogP) is 4.13. The third-order valence-corrected chi connectivity index (χ3v) is 5.41. The number of nitrogens with one attached hydrogen (secondary N) is 1. The molecule has 2 aromatic rings. The summed E-state index contributed by atoms with van der Waals surface area (Å²) in [6.45, 7) is 3.88. The molecule has 118 valence electrons. The van der Waals surface area contributed by atoms with E-state index in [0.29, 0.717) is 15.9 Å². The van der Waals surface area contributed by atoms with Crippen molar-refractivity contribution >= 4 is 31.6 Å². The van der Waals surface area contributed by atoms with Crippen molar-refractivity contribution in [3.63, 3.8) is 0 Å². The van der Waals surface area contributed by atoms with Crippen LogP contribution in [0, 0.1) is 6.92 Å². The molecule has 0 aliphatic carbocycles. The first kappa shape index (κ1) is 16.8. The van der Waals surface area contributed by atoms with E-state index in [1.165, 1.54) is 13.2 Å². The second-order valence-corrected chi connectivity index (χ2v) is 7.40. The van der Waals surface area contributed by atoms with Crippen molar-refractivity contribution in [2.75, 3.05) is 11.8 Å². The van der Waals surface area contributed by atoms with E-state index in [2.05, 4.69) is 20.7 Å². The highest BCUT2D eigenvalue weighted by molar-refractivity contribution is 9.10. The number of rotatable bonds is 5. The largest absolute Gasteiger partial charge is 0.496 e. The Hall–Kier alpha value is -1.53. The summed E-state index contributed by atoms with van der Waals surface area (Å²) in [6.07, 6.45) is 0.753. The van der Waals surface area contributed by atoms with Gasteiger partial charge in [0.1, 0.15) is 5.75 Å². The standard InChI is InChI=1S/C16H18BrNO3S/c1-4-12-7-5-6-11(2)16(12)18-22(19,20)13-8-9-14(17)15(10-13)21-3/h5-10,18H,4H2,1-3H3. The first-order chi connectivity index (χ1) is 10.4. The molecule has 0 amide bonds. The number of halogens is 1. The summed E-state index contributed by atoms with van der Waals surface area (Å²) >= 11 is 3.32. The first-order valence-electron chi connectivity index (χ1n) is 6.84. The van der Waals surface area contributed by atoms with Crippen LogP contribution in [0.3, 0.4) is 0 Å². The van der Waals surface area contributed by atoms with E-state index in [1.54, 1.807) is 12.1 Å². The number of anilines is 1. The molecule has 1 N–H and O–H groups in total. The Bertz CT molecular complexity index is 788. The quantitative estimate of drug-likeness (QED) is 0.844. The van der Waals surface area contributed by atoms with Crippen molar-refractivity contribution in [1.82, 2.24) is 0 Å². The van der Waals surface area contributed by atoms with Gasteiger partial charge >= 0.3 is 0 Å². The number of methoxy groups -OCH3 is 1. The summed E-state index contributed by atoms with van der Waals surface area (Å²) < 4.78 is 33.8. The predicted molar refractivity (Wildman–Crippen MR) is 92.1 cm³/mol. The lowest BCUT2D eigenvalue weighted by Crippen LogP contribution is -2.15. The maximum absolute atomic E-state index is 12.6. The molecule has 0 spiro atoms. The maximum atomic E-state index is 12.6. The van der Waals surface area contributed by atoms with E-state index < -0.39 is 10.0 Å². The Kier molecular flexibility index (Phi) is 5.13. The average Bonchev–Trinajstić information content (AvgIpc) is 2.49. The SMILES string of the molecule is CCc1cccc(C)c1NS(=O)(=O)c1ccc(Br)c(OC)c1. The molecule has 0 fully saturated rings. The molecule has 0 saturated heterocycles. The van der Waals surface area contributed by atoms with Gasteiger partial charge in [0.2, 0.25) is 0 Å². The minimum absolute atomic E-state index is 0.165. The van der Waals surface area contributed by atoms with Gasteiger partial charge in [0.25, 0.3) is 10.0 Å². The van der Waals surface area contributed by atoms with Crippen LogP contribution in [-0.4, -0.2) is 15.5 Å². The molecule has 22 heavy (non-hydrogen) atoms. The molecular weight excluding hydrogens is 366 g/mol. The Morgan fingerprint density at radius 3 is 2.59 bits per heavy atom. The van der Waals surface area contributed by atoms with Crippen LogP contribution in [0.15, 0.2) is 45.8 Å². The summed E-state index contributed by atoms with van der Waals surface area (Å²) in [5.74, 6) is 0.475. The van der Waals surface area contributed by atoms with Gasteiger partial charge in [-0.15, -0.1) is 0 Å². The van der Waals surface area contributed by atoms with Crippen LogP contribution in [0.4, 0.5) is 5.69 Å². The van der Waals surface area contributed by atoms with E-state index in [-0.39, 0.29) is 4.90 Å². The van der Waals surface area contributed by atoms with Gasteiger partial charge in [0, 0.05) is 6.07 Å². The highest BCUT2D eigenvalue weighted by Crippen LogP contribution is 2.30. The van der Waals surface area contributed by atoms with Gasteiger partial charge in [-0.1, -0.05) is 25.1 Å². The fourth-order valence-corrected chi connectivity index (χ4v) is 3.77. The van der Waals surface area contributed by atoms with Gasteiger partial charge in [-0.05, 0) is 52.5 Å². The molecule has 4 nitrogen and oxygen atoms in total. The average molecular weight is 384 g/mol. The molecule has 0 bridgehead atoms. The lowest BCUT2D eigenvalue weighted by molar-refractivity contribution is 0.411. The Labute approximate surface area is 139 Å². The molecular formula is C16H18BrNO3S. The van der Waals surface area contributed by atoms with Gasteiger partial charge in [0.05, 0.1) is 22.2 Å². The molecule has 0 heterocycles. The van der Waals surface area contributed by atoms with Gasteiger partial charge < -0.3 is 4.74 Å².